The molecule has 130 valence electrons. The van der Waals surface area contributed by atoms with Crippen LogP contribution in [0.1, 0.15) is 19.5 Å². The van der Waals surface area contributed by atoms with Crippen molar-refractivity contribution in [3.05, 3.63) is 42.4 Å². The molecular formula is C17H25N5O2. The van der Waals surface area contributed by atoms with Gasteiger partial charge in [0.05, 0.1) is 6.20 Å². The van der Waals surface area contributed by atoms with Crippen LogP contribution in [0.25, 0.3) is 0 Å². The average Bonchev–Trinajstić information content (AvgIpc) is 2.98. The normalized spacial score (nSPS) is 12.2. The van der Waals surface area contributed by atoms with Gasteiger partial charge in [-0.1, -0.05) is 19.9 Å². The highest BCUT2D eigenvalue weighted by molar-refractivity contribution is 5.88. The lowest BCUT2D eigenvalue weighted by Crippen LogP contribution is -2.35. The van der Waals surface area contributed by atoms with E-state index in [9.17, 15) is 9.90 Å². The molecule has 7 heteroatoms. The number of carbonyl (C=O) groups is 1. The van der Waals surface area contributed by atoms with E-state index in [-0.39, 0.29) is 18.6 Å². The molecule has 2 rings (SSSR count). The summed E-state index contributed by atoms with van der Waals surface area (Å²) in [6, 6.07) is 7.13. The number of nitrogens with one attached hydrogen (secondary N) is 2. The summed E-state index contributed by atoms with van der Waals surface area (Å²) in [5.41, 5.74) is 0.897. The molecule has 0 fully saturated rings. The summed E-state index contributed by atoms with van der Waals surface area (Å²) in [6.45, 7) is 5.28. The molecule has 0 aromatic carbocycles. The van der Waals surface area contributed by atoms with E-state index in [2.05, 4.69) is 34.6 Å². The zero-order chi connectivity index (χ0) is 17.4. The number of amides is 2. The number of aromatic nitrogens is 3. The van der Waals surface area contributed by atoms with Crippen LogP contribution in [-0.2, 0) is 13.0 Å². The van der Waals surface area contributed by atoms with Gasteiger partial charge in [0.15, 0.2) is 0 Å². The topological polar surface area (TPSA) is 92.1 Å². The largest absolute Gasteiger partial charge is 0.396 e. The fraction of sp³-hybridized carbons (Fsp3) is 0.471. The van der Waals surface area contributed by atoms with Gasteiger partial charge in [0.2, 0.25) is 0 Å². The third-order valence-electron chi connectivity index (χ3n) is 3.53. The molecule has 2 aromatic heterocycles. The maximum absolute atomic E-state index is 12.1. The van der Waals surface area contributed by atoms with Crippen molar-refractivity contribution in [3.63, 3.8) is 0 Å². The second-order valence-corrected chi connectivity index (χ2v) is 6.20. The number of aliphatic hydroxyl groups excluding tert-OH is 1. The Morgan fingerprint density at radius 2 is 2.12 bits per heavy atom. The minimum absolute atomic E-state index is 0.0118. The van der Waals surface area contributed by atoms with Gasteiger partial charge in [-0.3, -0.25) is 10.3 Å². The van der Waals surface area contributed by atoms with Crippen molar-refractivity contribution < 1.29 is 9.90 Å². The van der Waals surface area contributed by atoms with Crippen molar-refractivity contribution in [3.8, 4) is 0 Å². The molecule has 1 atom stereocenters. The molecule has 0 bridgehead atoms. The number of anilines is 1. The average molecular weight is 331 g/mol. The number of urea groups is 1. The second-order valence-electron chi connectivity index (χ2n) is 6.20. The lowest BCUT2D eigenvalue weighted by Gasteiger charge is -2.16. The first-order valence-corrected chi connectivity index (χ1v) is 8.16. The molecule has 0 saturated heterocycles. The molecule has 1 unspecified atom stereocenters. The molecule has 0 spiro atoms. The minimum Gasteiger partial charge on any atom is -0.396 e. The van der Waals surface area contributed by atoms with Gasteiger partial charge in [-0.05, 0) is 24.5 Å². The zero-order valence-electron chi connectivity index (χ0n) is 14.1. The van der Waals surface area contributed by atoms with E-state index >= 15 is 0 Å². The molecule has 0 aliphatic heterocycles. The summed E-state index contributed by atoms with van der Waals surface area (Å²) in [7, 11) is 0. The molecule has 0 radical (unpaired) electrons. The highest BCUT2D eigenvalue weighted by atomic mass is 16.3. The third-order valence-corrected chi connectivity index (χ3v) is 3.53. The molecule has 7 nitrogen and oxygen atoms in total. The Hall–Kier alpha value is -2.41. The van der Waals surface area contributed by atoms with E-state index < -0.39 is 0 Å². The SMILES string of the molecule is CC(C)Cn1nccc1NC(=O)NCC(CO)Cc1ccccn1. The second kappa shape index (κ2) is 9.02. The number of carbonyl (C=O) groups excluding carboxylic acids is 1. The Labute approximate surface area is 142 Å². The van der Waals surface area contributed by atoms with Gasteiger partial charge in [0.25, 0.3) is 0 Å². The molecule has 0 aliphatic carbocycles. The van der Waals surface area contributed by atoms with Gasteiger partial charge >= 0.3 is 6.03 Å². The molecule has 0 aliphatic rings. The van der Waals surface area contributed by atoms with E-state index in [0.717, 1.165) is 12.2 Å². The third kappa shape index (κ3) is 5.66. The molecule has 0 saturated carbocycles. The Kier molecular flexibility index (Phi) is 6.74. The monoisotopic (exact) mass is 331 g/mol. The number of aliphatic hydroxyl groups is 1. The first-order valence-electron chi connectivity index (χ1n) is 8.16. The Bertz CT molecular complexity index is 627. The van der Waals surface area contributed by atoms with Crippen molar-refractivity contribution in [1.82, 2.24) is 20.1 Å². The van der Waals surface area contributed by atoms with Crippen LogP contribution in [0.2, 0.25) is 0 Å². The molecule has 2 heterocycles. The smallest absolute Gasteiger partial charge is 0.320 e. The van der Waals surface area contributed by atoms with Crippen molar-refractivity contribution >= 4 is 11.8 Å². The van der Waals surface area contributed by atoms with Crippen LogP contribution >= 0.6 is 0 Å². The van der Waals surface area contributed by atoms with Crippen molar-refractivity contribution in [1.29, 1.82) is 0 Å². The summed E-state index contributed by atoms with van der Waals surface area (Å²) in [4.78, 5) is 16.3. The quantitative estimate of drug-likeness (QED) is 0.689. The highest BCUT2D eigenvalue weighted by Crippen LogP contribution is 2.09. The van der Waals surface area contributed by atoms with E-state index in [1.165, 1.54) is 0 Å². The van der Waals surface area contributed by atoms with Crippen molar-refractivity contribution in [2.75, 3.05) is 18.5 Å². The van der Waals surface area contributed by atoms with Crippen LogP contribution in [0.3, 0.4) is 0 Å². The highest BCUT2D eigenvalue weighted by Gasteiger charge is 2.13. The van der Waals surface area contributed by atoms with Crippen LogP contribution in [0.4, 0.5) is 10.6 Å². The number of hydrogen-bond acceptors (Lipinski definition) is 4. The number of rotatable bonds is 8. The first-order chi connectivity index (χ1) is 11.6. The van der Waals surface area contributed by atoms with E-state index in [0.29, 0.717) is 24.7 Å². The number of pyridine rings is 1. The van der Waals surface area contributed by atoms with Crippen LogP contribution in [0.5, 0.6) is 0 Å². The zero-order valence-corrected chi connectivity index (χ0v) is 14.1. The number of nitrogens with zero attached hydrogens (tertiary/aromatic N) is 3. The predicted octanol–water partition coefficient (Wildman–Crippen LogP) is 1.91. The van der Waals surface area contributed by atoms with Gasteiger partial charge in [-0.2, -0.15) is 5.10 Å². The van der Waals surface area contributed by atoms with Gasteiger partial charge in [-0.15, -0.1) is 0 Å². The van der Waals surface area contributed by atoms with Gasteiger partial charge in [0.1, 0.15) is 5.82 Å². The Morgan fingerprint density at radius 1 is 1.29 bits per heavy atom. The first kappa shape index (κ1) is 17.9. The maximum atomic E-state index is 12.1. The Morgan fingerprint density at radius 3 is 2.79 bits per heavy atom. The molecular weight excluding hydrogens is 306 g/mol. The maximum Gasteiger partial charge on any atom is 0.320 e. The lowest BCUT2D eigenvalue weighted by molar-refractivity contribution is 0.217. The van der Waals surface area contributed by atoms with Gasteiger partial charge in [0, 0.05) is 43.6 Å². The fourth-order valence-electron chi connectivity index (χ4n) is 2.34. The summed E-state index contributed by atoms with van der Waals surface area (Å²) >= 11 is 0. The standard InChI is InChI=1S/C17H25N5O2/c1-13(2)11-22-16(6-8-20-22)21-17(24)19-10-14(12-23)9-15-5-3-4-7-18-15/h3-8,13-14,23H,9-12H2,1-2H3,(H2,19,21,24). The molecule has 2 amide bonds. The summed E-state index contributed by atoms with van der Waals surface area (Å²) in [6.07, 6.45) is 4.00. The van der Waals surface area contributed by atoms with Crippen LogP contribution < -0.4 is 10.6 Å². The minimum atomic E-state index is -0.306. The Balaban J connectivity index is 1.82. The lowest BCUT2D eigenvalue weighted by atomic mass is 10.0. The van der Waals surface area contributed by atoms with Crippen LogP contribution in [-0.4, -0.2) is 39.1 Å². The van der Waals surface area contributed by atoms with E-state index in [1.54, 1.807) is 23.1 Å². The predicted molar refractivity (Wildman–Crippen MR) is 92.6 cm³/mol. The summed E-state index contributed by atoms with van der Waals surface area (Å²) < 4.78 is 1.77. The van der Waals surface area contributed by atoms with Crippen molar-refractivity contribution in [2.24, 2.45) is 11.8 Å². The molecule has 3 N–H and O–H groups in total. The van der Waals surface area contributed by atoms with E-state index in [1.807, 2.05) is 18.2 Å². The fourth-order valence-corrected chi connectivity index (χ4v) is 2.34. The van der Waals surface area contributed by atoms with Crippen LogP contribution in [0, 0.1) is 11.8 Å². The van der Waals surface area contributed by atoms with Gasteiger partial charge < -0.3 is 10.4 Å². The van der Waals surface area contributed by atoms with E-state index in [4.69, 9.17) is 0 Å². The van der Waals surface area contributed by atoms with Crippen molar-refractivity contribution in [2.45, 2.75) is 26.8 Å². The molecule has 24 heavy (non-hydrogen) atoms. The van der Waals surface area contributed by atoms with Gasteiger partial charge in [-0.25, -0.2) is 9.48 Å². The molecule has 2 aromatic rings. The summed E-state index contributed by atoms with van der Waals surface area (Å²) in [5, 5.41) is 19.3. The summed E-state index contributed by atoms with van der Waals surface area (Å²) in [5.74, 6) is 1.02. The van der Waals surface area contributed by atoms with Crippen LogP contribution in [0.15, 0.2) is 36.7 Å². The number of hydrogen-bond donors (Lipinski definition) is 3.